The summed E-state index contributed by atoms with van der Waals surface area (Å²) in [7, 11) is 0. The van der Waals surface area contributed by atoms with Crippen LogP contribution in [0.4, 0.5) is 24.5 Å². The van der Waals surface area contributed by atoms with Crippen LogP contribution in [-0.4, -0.2) is 15.7 Å². The van der Waals surface area contributed by atoms with Gasteiger partial charge in [-0.25, -0.2) is 0 Å². The summed E-state index contributed by atoms with van der Waals surface area (Å²) in [5.74, 6) is 0. The maximum atomic E-state index is 12.8. The predicted molar refractivity (Wildman–Crippen MR) is 114 cm³/mol. The van der Waals surface area contributed by atoms with E-state index in [9.17, 15) is 23.3 Å². The summed E-state index contributed by atoms with van der Waals surface area (Å²) in [6.07, 6.45) is -3.17. The van der Waals surface area contributed by atoms with Crippen molar-refractivity contribution >= 4 is 17.6 Å². The molecule has 0 spiro atoms. The number of nitro groups is 1. The van der Waals surface area contributed by atoms with E-state index in [0.29, 0.717) is 6.07 Å². The first-order valence-electron chi connectivity index (χ1n) is 9.41. The number of aromatic nitrogens is 1. The van der Waals surface area contributed by atoms with Crippen LogP contribution in [0.5, 0.6) is 0 Å². The number of aryl methyl sites for hydroxylation is 3. The van der Waals surface area contributed by atoms with Gasteiger partial charge in [0.2, 0.25) is 0 Å². The number of rotatable bonds is 5. The van der Waals surface area contributed by atoms with Crippen LogP contribution in [0.2, 0.25) is 0 Å². The first-order valence-corrected chi connectivity index (χ1v) is 9.41. The van der Waals surface area contributed by atoms with E-state index in [0.717, 1.165) is 45.9 Å². The van der Waals surface area contributed by atoms with Gasteiger partial charge < -0.3 is 4.57 Å². The van der Waals surface area contributed by atoms with Gasteiger partial charge in [0.25, 0.3) is 5.69 Å². The van der Waals surface area contributed by atoms with Gasteiger partial charge in [-0.15, -0.1) is 0 Å². The molecule has 2 aromatic carbocycles. The molecule has 0 radical (unpaired) electrons. The zero-order valence-electron chi connectivity index (χ0n) is 17.4. The highest BCUT2D eigenvalue weighted by Crippen LogP contribution is 2.35. The molecule has 0 saturated carbocycles. The fraction of sp³-hybridized carbons (Fsp3) is 0.227. The third kappa shape index (κ3) is 4.45. The molecule has 3 rings (SSSR count). The SMILES string of the molecule is Cc1cccc(C)c1-n1c(C)cc(/C=N\Nc2ccc(C(F)(F)F)cc2[N+](=O)[O-])c1C. The summed E-state index contributed by atoms with van der Waals surface area (Å²) in [5, 5.41) is 15.2. The Morgan fingerprint density at radius 1 is 1.06 bits per heavy atom. The first-order chi connectivity index (χ1) is 14.5. The van der Waals surface area contributed by atoms with Crippen molar-refractivity contribution in [3.63, 3.8) is 0 Å². The number of hydrazone groups is 1. The normalized spacial score (nSPS) is 11.8. The second kappa shape index (κ2) is 8.25. The molecule has 0 unspecified atom stereocenters. The minimum Gasteiger partial charge on any atom is -0.317 e. The molecule has 0 amide bonds. The summed E-state index contributed by atoms with van der Waals surface area (Å²) in [6, 6.07) is 10.2. The Labute approximate surface area is 177 Å². The number of nitrogens with one attached hydrogen (secondary N) is 1. The van der Waals surface area contributed by atoms with E-state index in [-0.39, 0.29) is 5.69 Å². The monoisotopic (exact) mass is 430 g/mol. The van der Waals surface area contributed by atoms with E-state index in [2.05, 4.69) is 15.1 Å². The average Bonchev–Trinajstić information content (AvgIpc) is 2.95. The van der Waals surface area contributed by atoms with Gasteiger partial charge >= 0.3 is 6.18 Å². The number of anilines is 1. The maximum Gasteiger partial charge on any atom is 0.416 e. The van der Waals surface area contributed by atoms with Crippen molar-refractivity contribution in [3.05, 3.63) is 86.2 Å². The van der Waals surface area contributed by atoms with Crippen LogP contribution >= 0.6 is 0 Å². The maximum absolute atomic E-state index is 12.8. The van der Waals surface area contributed by atoms with E-state index in [1.807, 2.05) is 52.0 Å². The van der Waals surface area contributed by atoms with Crippen molar-refractivity contribution in [2.45, 2.75) is 33.9 Å². The molecule has 0 aliphatic heterocycles. The van der Waals surface area contributed by atoms with Crippen molar-refractivity contribution < 1.29 is 18.1 Å². The van der Waals surface area contributed by atoms with Crippen LogP contribution in [0, 0.1) is 37.8 Å². The highest BCUT2D eigenvalue weighted by Gasteiger charge is 2.33. The molecule has 0 aliphatic carbocycles. The number of alkyl halides is 3. The van der Waals surface area contributed by atoms with Gasteiger partial charge in [-0.05, 0) is 57.0 Å². The van der Waals surface area contributed by atoms with Crippen LogP contribution in [-0.2, 0) is 6.18 Å². The van der Waals surface area contributed by atoms with Gasteiger partial charge in [-0.1, -0.05) is 18.2 Å². The lowest BCUT2D eigenvalue weighted by atomic mass is 10.1. The lowest BCUT2D eigenvalue weighted by molar-refractivity contribution is -0.384. The second-order valence-electron chi connectivity index (χ2n) is 7.26. The number of nitro benzene ring substituents is 1. The minimum atomic E-state index is -4.67. The Bertz CT molecular complexity index is 1160. The second-order valence-corrected chi connectivity index (χ2v) is 7.26. The van der Waals surface area contributed by atoms with Crippen molar-refractivity contribution in [2.75, 3.05) is 5.43 Å². The van der Waals surface area contributed by atoms with Crippen LogP contribution < -0.4 is 5.43 Å². The molecule has 0 aliphatic rings. The summed E-state index contributed by atoms with van der Waals surface area (Å²) >= 11 is 0. The van der Waals surface area contributed by atoms with E-state index in [1.165, 1.54) is 6.21 Å². The Morgan fingerprint density at radius 3 is 2.29 bits per heavy atom. The summed E-state index contributed by atoms with van der Waals surface area (Å²) in [6.45, 7) is 7.95. The Balaban J connectivity index is 1.92. The van der Waals surface area contributed by atoms with Crippen molar-refractivity contribution in [3.8, 4) is 5.69 Å². The highest BCUT2D eigenvalue weighted by molar-refractivity contribution is 5.83. The standard InChI is InChI=1S/C22H21F3N4O2/c1-13-6-5-7-14(2)21(13)28-15(3)10-17(16(28)4)12-26-27-19-9-8-18(22(23,24)25)11-20(19)29(30)31/h5-12,27H,1-4H3/b26-12-. The van der Waals surface area contributed by atoms with Crippen molar-refractivity contribution in [2.24, 2.45) is 5.10 Å². The van der Waals surface area contributed by atoms with Gasteiger partial charge in [-0.2, -0.15) is 18.3 Å². The Morgan fingerprint density at radius 2 is 1.71 bits per heavy atom. The molecule has 0 saturated heterocycles. The lowest BCUT2D eigenvalue weighted by Crippen LogP contribution is -2.07. The molecule has 0 atom stereocenters. The van der Waals surface area contributed by atoms with Gasteiger partial charge in [0.05, 0.1) is 22.4 Å². The van der Waals surface area contributed by atoms with E-state index < -0.39 is 22.4 Å². The van der Waals surface area contributed by atoms with E-state index in [1.54, 1.807) is 0 Å². The number of hydrogen-bond acceptors (Lipinski definition) is 4. The number of benzene rings is 2. The van der Waals surface area contributed by atoms with E-state index in [4.69, 9.17) is 0 Å². The smallest absolute Gasteiger partial charge is 0.317 e. The molecule has 31 heavy (non-hydrogen) atoms. The zero-order chi connectivity index (χ0) is 22.9. The summed E-state index contributed by atoms with van der Waals surface area (Å²) in [4.78, 5) is 10.3. The zero-order valence-corrected chi connectivity index (χ0v) is 17.4. The summed E-state index contributed by atoms with van der Waals surface area (Å²) in [5.41, 5.74) is 6.56. The van der Waals surface area contributed by atoms with Crippen LogP contribution in [0.25, 0.3) is 5.69 Å². The lowest BCUT2D eigenvalue weighted by Gasteiger charge is -2.15. The molecule has 1 aromatic heterocycles. The number of hydrogen-bond donors (Lipinski definition) is 1. The van der Waals surface area contributed by atoms with E-state index >= 15 is 0 Å². The fourth-order valence-electron chi connectivity index (χ4n) is 3.55. The molecule has 1 N–H and O–H groups in total. The van der Waals surface area contributed by atoms with Gasteiger partial charge in [0.15, 0.2) is 0 Å². The van der Waals surface area contributed by atoms with Crippen LogP contribution in [0.1, 0.15) is 33.6 Å². The van der Waals surface area contributed by atoms with Crippen molar-refractivity contribution in [1.29, 1.82) is 0 Å². The number of halogens is 3. The Hall–Kier alpha value is -3.62. The molecule has 0 bridgehead atoms. The highest BCUT2D eigenvalue weighted by atomic mass is 19.4. The largest absolute Gasteiger partial charge is 0.416 e. The topological polar surface area (TPSA) is 72.5 Å². The van der Waals surface area contributed by atoms with Gasteiger partial charge in [-0.3, -0.25) is 15.5 Å². The number of para-hydroxylation sites is 1. The molecule has 6 nitrogen and oxygen atoms in total. The van der Waals surface area contributed by atoms with Crippen LogP contribution in [0.15, 0.2) is 47.6 Å². The van der Waals surface area contributed by atoms with Gasteiger partial charge in [0, 0.05) is 23.0 Å². The third-order valence-electron chi connectivity index (χ3n) is 5.04. The summed E-state index contributed by atoms with van der Waals surface area (Å²) < 4.78 is 40.6. The molecule has 9 heteroatoms. The molecule has 1 heterocycles. The third-order valence-corrected chi connectivity index (χ3v) is 5.04. The van der Waals surface area contributed by atoms with Crippen molar-refractivity contribution in [1.82, 2.24) is 4.57 Å². The fourth-order valence-corrected chi connectivity index (χ4v) is 3.55. The minimum absolute atomic E-state index is 0.127. The average molecular weight is 430 g/mol. The number of nitrogens with zero attached hydrogens (tertiary/aromatic N) is 3. The molecular weight excluding hydrogens is 409 g/mol. The first kappa shape index (κ1) is 22.1. The predicted octanol–water partition coefficient (Wildman–Crippen LogP) is 6.08. The van der Waals surface area contributed by atoms with Gasteiger partial charge in [0.1, 0.15) is 5.69 Å². The molecule has 162 valence electrons. The molecular formula is C22H21F3N4O2. The Kier molecular flexibility index (Phi) is 5.88. The molecule has 0 fully saturated rings. The quantitative estimate of drug-likeness (QED) is 0.303. The molecule has 3 aromatic rings. The van der Waals surface area contributed by atoms with Crippen LogP contribution in [0.3, 0.4) is 0 Å².